The highest BCUT2D eigenvalue weighted by Crippen LogP contribution is 2.25. The fourth-order valence-electron chi connectivity index (χ4n) is 2.36. The largest absolute Gasteiger partial charge is 0.497 e. The summed E-state index contributed by atoms with van der Waals surface area (Å²) in [6.07, 6.45) is 0. The van der Waals surface area contributed by atoms with Gasteiger partial charge in [0.2, 0.25) is 0 Å². The third kappa shape index (κ3) is 4.41. The van der Waals surface area contributed by atoms with E-state index in [-0.39, 0.29) is 11.4 Å². The predicted octanol–water partition coefficient (Wildman–Crippen LogP) is 3.80. The number of urea groups is 1. The zero-order valence-corrected chi connectivity index (χ0v) is 14.6. The third-order valence-electron chi connectivity index (χ3n) is 3.92. The molecule has 0 aliphatic carbocycles. The van der Waals surface area contributed by atoms with Crippen molar-refractivity contribution in [2.45, 2.75) is 19.3 Å². The van der Waals surface area contributed by atoms with Crippen molar-refractivity contribution >= 4 is 11.7 Å². The molecule has 0 atom stereocenters. The van der Waals surface area contributed by atoms with E-state index in [2.05, 4.69) is 24.5 Å². The molecule has 0 aliphatic heterocycles. The van der Waals surface area contributed by atoms with Crippen LogP contribution in [0.4, 0.5) is 10.5 Å². The summed E-state index contributed by atoms with van der Waals surface area (Å²) in [7, 11) is 3.22. The Bertz CT molecular complexity index is 681. The summed E-state index contributed by atoms with van der Waals surface area (Å²) in [5.41, 5.74) is 1.56. The lowest BCUT2D eigenvalue weighted by Gasteiger charge is -2.26. The summed E-state index contributed by atoms with van der Waals surface area (Å²) < 4.78 is 10.4. The van der Waals surface area contributed by atoms with E-state index in [4.69, 9.17) is 9.47 Å². The molecule has 0 bridgehead atoms. The molecule has 0 fully saturated rings. The van der Waals surface area contributed by atoms with Crippen LogP contribution in [0, 0.1) is 0 Å². The Morgan fingerprint density at radius 1 is 1.00 bits per heavy atom. The average Bonchev–Trinajstić information content (AvgIpc) is 2.60. The maximum absolute atomic E-state index is 12.2. The molecule has 0 heterocycles. The van der Waals surface area contributed by atoms with Gasteiger partial charge < -0.3 is 20.1 Å². The van der Waals surface area contributed by atoms with E-state index < -0.39 is 0 Å². The number of ether oxygens (including phenoxy) is 2. The molecule has 2 aromatic carbocycles. The fraction of sp³-hybridized carbons (Fsp3) is 0.316. The fourth-order valence-corrected chi connectivity index (χ4v) is 2.36. The van der Waals surface area contributed by atoms with Gasteiger partial charge in [-0.15, -0.1) is 0 Å². The Morgan fingerprint density at radius 3 is 2.29 bits per heavy atom. The highest BCUT2D eigenvalue weighted by atomic mass is 16.5. The number of anilines is 1. The monoisotopic (exact) mass is 328 g/mol. The second-order valence-corrected chi connectivity index (χ2v) is 6.12. The molecular weight excluding hydrogens is 304 g/mol. The third-order valence-corrected chi connectivity index (χ3v) is 3.92. The molecule has 24 heavy (non-hydrogen) atoms. The number of hydrogen-bond acceptors (Lipinski definition) is 3. The Balaban J connectivity index is 1.96. The van der Waals surface area contributed by atoms with E-state index in [1.807, 2.05) is 36.4 Å². The normalized spacial score (nSPS) is 10.8. The van der Waals surface area contributed by atoms with Gasteiger partial charge in [-0.2, -0.15) is 0 Å². The molecule has 0 spiro atoms. The highest BCUT2D eigenvalue weighted by Gasteiger charge is 2.21. The summed E-state index contributed by atoms with van der Waals surface area (Å²) in [5, 5.41) is 5.72. The lowest BCUT2D eigenvalue weighted by atomic mass is 9.84. The van der Waals surface area contributed by atoms with Crippen molar-refractivity contribution in [3.63, 3.8) is 0 Å². The molecule has 0 aromatic heterocycles. The first kappa shape index (κ1) is 17.7. The van der Waals surface area contributed by atoms with Crippen LogP contribution in [0.2, 0.25) is 0 Å². The van der Waals surface area contributed by atoms with Crippen LogP contribution in [-0.4, -0.2) is 26.8 Å². The van der Waals surface area contributed by atoms with Crippen molar-refractivity contribution in [3.8, 4) is 11.5 Å². The zero-order chi connectivity index (χ0) is 17.6. The smallest absolute Gasteiger partial charge is 0.319 e. The second kappa shape index (κ2) is 7.73. The first-order valence-electron chi connectivity index (χ1n) is 7.78. The van der Waals surface area contributed by atoms with Crippen molar-refractivity contribution in [2.75, 3.05) is 26.1 Å². The molecule has 0 saturated heterocycles. The second-order valence-electron chi connectivity index (χ2n) is 6.12. The number of hydrogen-bond donors (Lipinski definition) is 2. The van der Waals surface area contributed by atoms with Crippen LogP contribution >= 0.6 is 0 Å². The summed E-state index contributed by atoms with van der Waals surface area (Å²) in [4.78, 5) is 12.2. The average molecular weight is 328 g/mol. The first-order valence-corrected chi connectivity index (χ1v) is 7.78. The van der Waals surface area contributed by atoms with E-state index in [9.17, 15) is 4.79 Å². The molecular formula is C19H24N2O3. The van der Waals surface area contributed by atoms with Gasteiger partial charge in [-0.25, -0.2) is 4.79 Å². The minimum atomic E-state index is -0.263. The molecule has 5 nitrogen and oxygen atoms in total. The number of para-hydroxylation sites is 2. The van der Waals surface area contributed by atoms with Gasteiger partial charge in [0.25, 0.3) is 0 Å². The van der Waals surface area contributed by atoms with Crippen LogP contribution in [0.15, 0.2) is 48.5 Å². The standard InChI is InChI=1S/C19H24N2O3/c1-19(2,14-9-11-15(23-3)12-10-14)13-20-18(22)21-16-7-5-6-8-17(16)24-4/h5-12H,13H2,1-4H3,(H2,20,21,22). The van der Waals surface area contributed by atoms with Gasteiger partial charge in [0, 0.05) is 12.0 Å². The number of rotatable bonds is 6. The molecule has 0 saturated carbocycles. The van der Waals surface area contributed by atoms with E-state index in [1.54, 1.807) is 26.4 Å². The maximum Gasteiger partial charge on any atom is 0.319 e. The lowest BCUT2D eigenvalue weighted by molar-refractivity contribution is 0.249. The quantitative estimate of drug-likeness (QED) is 0.848. The van der Waals surface area contributed by atoms with Crippen LogP contribution in [0.3, 0.4) is 0 Å². The van der Waals surface area contributed by atoms with Crippen molar-refractivity contribution < 1.29 is 14.3 Å². The molecule has 0 radical (unpaired) electrons. The molecule has 2 rings (SSSR count). The van der Waals surface area contributed by atoms with E-state index in [1.165, 1.54) is 0 Å². The first-order chi connectivity index (χ1) is 11.5. The number of benzene rings is 2. The van der Waals surface area contributed by atoms with E-state index in [0.29, 0.717) is 18.0 Å². The SMILES string of the molecule is COc1ccc(C(C)(C)CNC(=O)Nc2ccccc2OC)cc1. The molecule has 2 amide bonds. The highest BCUT2D eigenvalue weighted by molar-refractivity contribution is 5.90. The van der Waals surface area contributed by atoms with Gasteiger partial charge in [0.15, 0.2) is 0 Å². The minimum Gasteiger partial charge on any atom is -0.497 e. The zero-order valence-electron chi connectivity index (χ0n) is 14.6. The molecule has 2 N–H and O–H groups in total. The van der Waals surface area contributed by atoms with Crippen molar-refractivity contribution in [1.29, 1.82) is 0 Å². The Labute approximate surface area is 143 Å². The van der Waals surface area contributed by atoms with E-state index >= 15 is 0 Å². The number of methoxy groups -OCH3 is 2. The van der Waals surface area contributed by atoms with Gasteiger partial charge in [0.05, 0.1) is 19.9 Å². The van der Waals surface area contributed by atoms with Crippen LogP contribution in [0.5, 0.6) is 11.5 Å². The summed E-state index contributed by atoms with van der Waals surface area (Å²) in [6.45, 7) is 4.66. The molecule has 5 heteroatoms. The molecule has 128 valence electrons. The van der Waals surface area contributed by atoms with Gasteiger partial charge in [-0.1, -0.05) is 38.1 Å². The van der Waals surface area contributed by atoms with Gasteiger partial charge in [-0.3, -0.25) is 0 Å². The van der Waals surface area contributed by atoms with E-state index in [0.717, 1.165) is 11.3 Å². The minimum absolute atomic E-state index is 0.204. The van der Waals surface area contributed by atoms with Gasteiger partial charge in [-0.05, 0) is 29.8 Å². The number of carbonyl (C=O) groups is 1. The van der Waals surface area contributed by atoms with Crippen LogP contribution in [0.25, 0.3) is 0 Å². The van der Waals surface area contributed by atoms with Gasteiger partial charge >= 0.3 is 6.03 Å². The van der Waals surface area contributed by atoms with Crippen LogP contribution < -0.4 is 20.1 Å². The predicted molar refractivity (Wildman–Crippen MR) is 96.0 cm³/mol. The van der Waals surface area contributed by atoms with Crippen LogP contribution in [0.1, 0.15) is 19.4 Å². The number of nitrogens with one attached hydrogen (secondary N) is 2. The number of carbonyl (C=O) groups excluding carboxylic acids is 1. The van der Waals surface area contributed by atoms with Crippen molar-refractivity contribution in [3.05, 3.63) is 54.1 Å². The Hall–Kier alpha value is -2.69. The molecule has 0 aliphatic rings. The van der Waals surface area contributed by atoms with Crippen molar-refractivity contribution in [1.82, 2.24) is 5.32 Å². The summed E-state index contributed by atoms with van der Waals surface area (Å²) in [6, 6.07) is 14.9. The van der Waals surface area contributed by atoms with Gasteiger partial charge in [0.1, 0.15) is 11.5 Å². The maximum atomic E-state index is 12.2. The van der Waals surface area contributed by atoms with Crippen molar-refractivity contribution in [2.24, 2.45) is 0 Å². The lowest BCUT2D eigenvalue weighted by Crippen LogP contribution is -2.39. The topological polar surface area (TPSA) is 59.6 Å². The summed E-state index contributed by atoms with van der Waals surface area (Å²) >= 11 is 0. The number of amides is 2. The molecule has 2 aromatic rings. The molecule has 0 unspecified atom stereocenters. The Morgan fingerprint density at radius 2 is 1.67 bits per heavy atom. The summed E-state index contributed by atoms with van der Waals surface area (Å²) in [5.74, 6) is 1.44. The Kier molecular flexibility index (Phi) is 5.68. The van der Waals surface area contributed by atoms with Crippen LogP contribution in [-0.2, 0) is 5.41 Å².